The zero-order valence-electron chi connectivity index (χ0n) is 8.98. The summed E-state index contributed by atoms with van der Waals surface area (Å²) in [6.07, 6.45) is 3.52. The maximum atomic E-state index is 11.8. The van der Waals surface area contributed by atoms with E-state index in [4.69, 9.17) is 5.11 Å². The van der Waals surface area contributed by atoms with Crippen molar-refractivity contribution in [3.63, 3.8) is 0 Å². The second-order valence-corrected chi connectivity index (χ2v) is 5.45. The summed E-state index contributed by atoms with van der Waals surface area (Å²) in [6.45, 7) is 0.430. The van der Waals surface area contributed by atoms with Gasteiger partial charge in [0.1, 0.15) is 5.72 Å². The van der Waals surface area contributed by atoms with Gasteiger partial charge in [0.15, 0.2) is 0 Å². The van der Waals surface area contributed by atoms with Crippen LogP contribution in [0.4, 0.5) is 0 Å². The molecule has 0 amide bonds. The van der Waals surface area contributed by atoms with Crippen LogP contribution in [0.3, 0.4) is 0 Å². The lowest BCUT2D eigenvalue weighted by molar-refractivity contribution is -0.160. The van der Waals surface area contributed by atoms with E-state index in [2.05, 4.69) is 0 Å². The van der Waals surface area contributed by atoms with Crippen LogP contribution in [0.1, 0.15) is 32.1 Å². The summed E-state index contributed by atoms with van der Waals surface area (Å²) in [5.41, 5.74) is -1.72. The molecule has 0 aromatic carbocycles. The highest BCUT2D eigenvalue weighted by molar-refractivity contribution is 6.35. The molecule has 3 saturated heterocycles. The molecule has 3 heterocycles. The van der Waals surface area contributed by atoms with Crippen LogP contribution in [0.2, 0.25) is 0 Å². The smallest absolute Gasteiger partial charge is 0.372 e. The normalized spacial score (nSPS) is 45.9. The van der Waals surface area contributed by atoms with Gasteiger partial charge in [0, 0.05) is 19.0 Å². The highest BCUT2D eigenvalue weighted by atomic mass is 16.4. The van der Waals surface area contributed by atoms with E-state index in [1.807, 2.05) is 4.90 Å². The van der Waals surface area contributed by atoms with E-state index in [-0.39, 0.29) is 6.04 Å². The maximum Gasteiger partial charge on any atom is 0.372 e. The van der Waals surface area contributed by atoms with Crippen molar-refractivity contribution in [2.24, 2.45) is 5.41 Å². The largest absolute Gasteiger partial charge is 0.475 e. The van der Waals surface area contributed by atoms with Gasteiger partial charge in [-0.1, -0.05) is 0 Å². The minimum atomic E-state index is -1.36. The molecular weight excluding hydrogens is 210 g/mol. The van der Waals surface area contributed by atoms with Crippen LogP contribution in [0.25, 0.3) is 0 Å². The van der Waals surface area contributed by atoms with Crippen molar-refractivity contribution in [2.45, 2.75) is 43.9 Å². The van der Waals surface area contributed by atoms with Gasteiger partial charge in [-0.3, -0.25) is 9.69 Å². The van der Waals surface area contributed by atoms with E-state index in [0.29, 0.717) is 25.8 Å². The van der Waals surface area contributed by atoms with Crippen LogP contribution >= 0.6 is 0 Å². The Morgan fingerprint density at radius 1 is 1.38 bits per heavy atom. The summed E-state index contributed by atoms with van der Waals surface area (Å²) < 4.78 is 0. The van der Waals surface area contributed by atoms with Crippen LogP contribution in [-0.2, 0) is 9.59 Å². The molecule has 2 N–H and O–H groups in total. The molecule has 3 unspecified atom stereocenters. The van der Waals surface area contributed by atoms with Gasteiger partial charge in [0.2, 0.25) is 5.78 Å². The van der Waals surface area contributed by atoms with Gasteiger partial charge in [-0.25, -0.2) is 4.79 Å². The molecule has 88 valence electrons. The number of fused-ring (bicyclic) bond motifs is 1. The summed E-state index contributed by atoms with van der Waals surface area (Å²) in [4.78, 5) is 24.6. The van der Waals surface area contributed by atoms with E-state index < -0.39 is 22.9 Å². The maximum absolute atomic E-state index is 11.8. The van der Waals surface area contributed by atoms with E-state index in [1.54, 1.807) is 0 Å². The van der Waals surface area contributed by atoms with Gasteiger partial charge < -0.3 is 10.2 Å². The molecule has 0 radical (unpaired) electrons. The van der Waals surface area contributed by atoms with Crippen LogP contribution in [0, 0.1) is 5.41 Å². The van der Waals surface area contributed by atoms with Crippen LogP contribution in [0.5, 0.6) is 0 Å². The number of nitrogens with zero attached hydrogens (tertiary/aromatic N) is 1. The number of carboxylic acid groups (broad SMARTS) is 1. The van der Waals surface area contributed by atoms with Crippen molar-refractivity contribution in [2.75, 3.05) is 6.54 Å². The molecule has 0 aromatic heterocycles. The Labute approximate surface area is 93.0 Å². The van der Waals surface area contributed by atoms with Gasteiger partial charge in [-0.05, 0) is 25.7 Å². The average Bonchev–Trinajstić information content (AvgIpc) is 2.69. The van der Waals surface area contributed by atoms with Gasteiger partial charge in [-0.2, -0.15) is 0 Å². The Bertz CT molecular complexity index is 382. The predicted molar refractivity (Wildman–Crippen MR) is 53.6 cm³/mol. The molecule has 0 saturated carbocycles. The minimum Gasteiger partial charge on any atom is -0.475 e. The molecule has 3 fully saturated rings. The van der Waals surface area contributed by atoms with Crippen LogP contribution in [0.15, 0.2) is 0 Å². The predicted octanol–water partition coefficient (Wildman–Crippen LogP) is -0.0230. The Balaban J connectivity index is 1.97. The number of carbonyl (C=O) groups excluding carboxylic acids is 1. The zero-order valence-corrected chi connectivity index (χ0v) is 8.98. The lowest BCUT2D eigenvalue weighted by atomic mass is 9.71. The number of aliphatic carboxylic acids is 1. The molecule has 0 spiro atoms. The van der Waals surface area contributed by atoms with Gasteiger partial charge in [-0.15, -0.1) is 0 Å². The number of hydrogen-bond acceptors (Lipinski definition) is 4. The van der Waals surface area contributed by atoms with Crippen LogP contribution < -0.4 is 0 Å². The quantitative estimate of drug-likeness (QED) is 0.646. The summed E-state index contributed by atoms with van der Waals surface area (Å²) in [6, 6.07) is 0.204. The monoisotopic (exact) mass is 225 g/mol. The first-order chi connectivity index (χ1) is 7.47. The number of rotatable bonds is 2. The van der Waals surface area contributed by atoms with Crippen molar-refractivity contribution in [1.29, 1.82) is 0 Å². The molecule has 16 heavy (non-hydrogen) atoms. The summed E-state index contributed by atoms with van der Waals surface area (Å²) in [5, 5.41) is 19.2. The van der Waals surface area contributed by atoms with Crippen molar-refractivity contribution in [3.05, 3.63) is 0 Å². The number of carbonyl (C=O) groups is 2. The van der Waals surface area contributed by atoms with E-state index in [0.717, 1.165) is 12.8 Å². The molecule has 5 heteroatoms. The third-order valence-corrected chi connectivity index (χ3v) is 4.49. The molecule has 3 rings (SSSR count). The molecule has 3 atom stereocenters. The number of carboxylic acids is 1. The SMILES string of the molecule is O=C(O)C(=O)C12CC3CCCC(O)(C1)N3C2. The fourth-order valence-electron chi connectivity index (χ4n) is 3.92. The molecule has 3 aliphatic heterocycles. The third-order valence-electron chi connectivity index (χ3n) is 4.49. The second kappa shape index (κ2) is 2.84. The number of ketones is 1. The molecular formula is C11H15NO4. The standard InChI is InChI=1S/C11H15NO4/c13-8(9(14)15)10-4-7-2-1-3-11(16,5-10)12(7)6-10/h7,16H,1-6H2,(H,14,15). The number of hydrogen-bond donors (Lipinski definition) is 2. The Morgan fingerprint density at radius 3 is 2.69 bits per heavy atom. The number of Topliss-reactive ketones (excluding diaryl/α,β-unsaturated/α-hetero) is 1. The molecule has 0 aliphatic carbocycles. The number of aliphatic hydroxyl groups is 1. The van der Waals surface area contributed by atoms with Crippen molar-refractivity contribution >= 4 is 11.8 Å². The zero-order chi connectivity index (χ0) is 11.6. The molecule has 5 nitrogen and oxygen atoms in total. The van der Waals surface area contributed by atoms with Gasteiger partial charge in [0.25, 0.3) is 0 Å². The summed E-state index contributed by atoms with van der Waals surface area (Å²) >= 11 is 0. The molecule has 2 bridgehead atoms. The first-order valence-corrected chi connectivity index (χ1v) is 5.74. The average molecular weight is 225 g/mol. The highest BCUT2D eigenvalue weighted by Crippen LogP contribution is 2.56. The lowest BCUT2D eigenvalue weighted by Crippen LogP contribution is -2.53. The fourth-order valence-corrected chi connectivity index (χ4v) is 3.92. The Kier molecular flexibility index (Phi) is 1.82. The topological polar surface area (TPSA) is 77.8 Å². The third kappa shape index (κ3) is 1.07. The van der Waals surface area contributed by atoms with E-state index in [9.17, 15) is 14.7 Å². The Morgan fingerprint density at radius 2 is 2.12 bits per heavy atom. The van der Waals surface area contributed by atoms with E-state index >= 15 is 0 Å². The van der Waals surface area contributed by atoms with Gasteiger partial charge >= 0.3 is 5.97 Å². The van der Waals surface area contributed by atoms with Crippen molar-refractivity contribution in [3.8, 4) is 0 Å². The molecule has 0 aromatic rings. The van der Waals surface area contributed by atoms with E-state index in [1.165, 1.54) is 0 Å². The Hall–Kier alpha value is -0.940. The van der Waals surface area contributed by atoms with Gasteiger partial charge in [0.05, 0.1) is 5.41 Å². The van der Waals surface area contributed by atoms with Crippen LogP contribution in [-0.4, -0.2) is 45.2 Å². The first kappa shape index (κ1) is 10.2. The second-order valence-electron chi connectivity index (χ2n) is 5.45. The summed E-state index contributed by atoms with van der Waals surface area (Å²) in [5.74, 6) is -2.07. The fraction of sp³-hybridized carbons (Fsp3) is 0.818. The lowest BCUT2D eigenvalue weighted by Gasteiger charge is -2.45. The number of piperidine rings is 2. The van der Waals surface area contributed by atoms with Crippen molar-refractivity contribution < 1.29 is 19.8 Å². The van der Waals surface area contributed by atoms with Crippen molar-refractivity contribution in [1.82, 2.24) is 4.90 Å². The first-order valence-electron chi connectivity index (χ1n) is 5.74. The minimum absolute atomic E-state index is 0.204. The summed E-state index contributed by atoms with van der Waals surface area (Å²) in [7, 11) is 0. The highest BCUT2D eigenvalue weighted by Gasteiger charge is 2.65. The molecule has 3 aliphatic rings.